The fourth-order valence-corrected chi connectivity index (χ4v) is 5.05. The summed E-state index contributed by atoms with van der Waals surface area (Å²) < 4.78 is 33.5. The normalized spacial score (nSPS) is 12.6. The highest BCUT2D eigenvalue weighted by Crippen LogP contribution is 2.46. The average molecular weight is 576 g/mol. The second-order valence-corrected chi connectivity index (χ2v) is 9.61. The summed E-state index contributed by atoms with van der Waals surface area (Å²) in [5.41, 5.74) is 0.970. The molecule has 0 bridgehead atoms. The predicted molar refractivity (Wildman–Crippen MR) is 155 cm³/mol. The fourth-order valence-electron chi connectivity index (χ4n) is 5.05. The molecule has 0 saturated heterocycles. The van der Waals surface area contributed by atoms with Crippen LogP contribution in [-0.4, -0.2) is 44.7 Å². The molecule has 10 nitrogen and oxygen atoms in total. The molecule has 5 rings (SSSR count). The number of methoxy groups -OCH3 is 1. The molecule has 2 heterocycles. The number of para-hydroxylation sites is 1. The number of nitrogens with one attached hydrogen (secondary N) is 1. The van der Waals surface area contributed by atoms with Crippen LogP contribution in [-0.2, 0) is 11.2 Å². The maximum Gasteiger partial charge on any atom is 0.343 e. The Balaban J connectivity index is 1.42. The third-order valence-electron chi connectivity index (χ3n) is 6.98. The van der Waals surface area contributed by atoms with E-state index in [1.165, 1.54) is 7.11 Å². The minimum atomic E-state index is -0.871. The lowest BCUT2D eigenvalue weighted by Gasteiger charge is -2.20. The molecule has 1 amide bonds. The Morgan fingerprint density at radius 2 is 1.79 bits per heavy atom. The van der Waals surface area contributed by atoms with Crippen molar-refractivity contribution in [3.8, 4) is 34.5 Å². The topological polar surface area (TPSA) is 126 Å². The van der Waals surface area contributed by atoms with Crippen molar-refractivity contribution in [2.24, 2.45) is 0 Å². The second kappa shape index (κ2) is 12.8. The average Bonchev–Trinajstić information content (AvgIpc) is 3.46. The lowest BCUT2D eigenvalue weighted by Crippen LogP contribution is -2.28. The first-order chi connectivity index (χ1) is 20.4. The van der Waals surface area contributed by atoms with Crippen molar-refractivity contribution in [1.82, 2.24) is 5.32 Å². The fraction of sp³-hybridized carbons (Fsp3) is 0.312. The van der Waals surface area contributed by atoms with Crippen LogP contribution in [0.3, 0.4) is 0 Å². The summed E-state index contributed by atoms with van der Waals surface area (Å²) >= 11 is 0. The molecule has 0 radical (unpaired) electrons. The summed E-state index contributed by atoms with van der Waals surface area (Å²) in [7, 11) is 1.49. The number of aromatic hydroxyl groups is 1. The van der Waals surface area contributed by atoms with Crippen molar-refractivity contribution in [3.05, 3.63) is 81.7 Å². The summed E-state index contributed by atoms with van der Waals surface area (Å²) in [5.74, 6) is 1.12. The summed E-state index contributed by atoms with van der Waals surface area (Å²) in [6.07, 6.45) is 0.400. The highest BCUT2D eigenvalue weighted by atomic mass is 16.7. The van der Waals surface area contributed by atoms with Crippen molar-refractivity contribution in [1.29, 1.82) is 0 Å². The first kappa shape index (κ1) is 28.7. The van der Waals surface area contributed by atoms with Crippen LogP contribution in [0, 0.1) is 0 Å². The van der Waals surface area contributed by atoms with Gasteiger partial charge in [-0.15, -0.1) is 0 Å². The molecule has 42 heavy (non-hydrogen) atoms. The van der Waals surface area contributed by atoms with E-state index >= 15 is 0 Å². The van der Waals surface area contributed by atoms with Gasteiger partial charge in [0.1, 0.15) is 11.3 Å². The van der Waals surface area contributed by atoms with Crippen LogP contribution in [0.2, 0.25) is 0 Å². The molecule has 10 heteroatoms. The Hall–Kier alpha value is -4.86. The summed E-state index contributed by atoms with van der Waals surface area (Å²) in [6, 6.07) is 15.7. The van der Waals surface area contributed by atoms with E-state index in [0.29, 0.717) is 65.9 Å². The van der Waals surface area contributed by atoms with Gasteiger partial charge >= 0.3 is 5.63 Å². The van der Waals surface area contributed by atoms with Gasteiger partial charge in [0.15, 0.2) is 23.0 Å². The summed E-state index contributed by atoms with van der Waals surface area (Å²) in [6.45, 7) is 5.20. The van der Waals surface area contributed by atoms with Gasteiger partial charge in [0.2, 0.25) is 18.4 Å². The first-order valence-electron chi connectivity index (χ1n) is 13.8. The largest absolute Gasteiger partial charge is 0.507 e. The maximum atomic E-state index is 13.3. The van der Waals surface area contributed by atoms with E-state index in [-0.39, 0.29) is 36.0 Å². The molecule has 1 atom stereocenters. The van der Waals surface area contributed by atoms with Gasteiger partial charge in [0.25, 0.3) is 0 Å². The van der Waals surface area contributed by atoms with E-state index in [9.17, 15) is 14.7 Å². The summed E-state index contributed by atoms with van der Waals surface area (Å²) in [5, 5.41) is 14.6. The van der Waals surface area contributed by atoms with Crippen LogP contribution in [0.25, 0.3) is 11.0 Å². The minimum Gasteiger partial charge on any atom is -0.507 e. The van der Waals surface area contributed by atoms with E-state index < -0.39 is 11.5 Å². The van der Waals surface area contributed by atoms with Crippen LogP contribution in [0.1, 0.15) is 42.9 Å². The number of amides is 1. The Morgan fingerprint density at radius 3 is 2.57 bits per heavy atom. The van der Waals surface area contributed by atoms with E-state index in [2.05, 4.69) is 5.32 Å². The molecule has 0 fully saturated rings. The number of fused-ring (bicyclic) bond motifs is 2. The Morgan fingerprint density at radius 1 is 1.00 bits per heavy atom. The Bertz CT molecular complexity index is 1650. The van der Waals surface area contributed by atoms with E-state index in [1.807, 2.05) is 32.0 Å². The number of carbonyl (C=O) groups is 1. The van der Waals surface area contributed by atoms with Crippen LogP contribution in [0.15, 0.2) is 63.8 Å². The molecule has 1 unspecified atom stereocenters. The summed E-state index contributed by atoms with van der Waals surface area (Å²) in [4.78, 5) is 26.5. The predicted octanol–water partition coefficient (Wildman–Crippen LogP) is 4.91. The molecular formula is C32H33NO9. The van der Waals surface area contributed by atoms with Crippen molar-refractivity contribution in [2.45, 2.75) is 32.6 Å². The molecule has 220 valence electrons. The Labute approximate surface area is 242 Å². The third kappa shape index (κ3) is 5.93. The number of ether oxygens (including phenoxy) is 5. The van der Waals surface area contributed by atoms with Crippen molar-refractivity contribution in [2.75, 3.05) is 33.7 Å². The minimum absolute atomic E-state index is 0.0141. The van der Waals surface area contributed by atoms with Gasteiger partial charge < -0.3 is 38.5 Å². The number of benzene rings is 3. The van der Waals surface area contributed by atoms with Gasteiger partial charge in [-0.05, 0) is 67.8 Å². The molecule has 1 aliphatic heterocycles. The smallest absolute Gasteiger partial charge is 0.343 e. The van der Waals surface area contributed by atoms with Crippen LogP contribution < -0.4 is 34.6 Å². The number of hydrogen-bond donors (Lipinski definition) is 2. The van der Waals surface area contributed by atoms with Crippen molar-refractivity contribution < 1.29 is 38.0 Å². The highest BCUT2D eigenvalue weighted by Gasteiger charge is 2.30. The van der Waals surface area contributed by atoms with Crippen LogP contribution in [0.4, 0.5) is 0 Å². The molecule has 0 saturated carbocycles. The van der Waals surface area contributed by atoms with E-state index in [0.717, 1.165) is 5.56 Å². The van der Waals surface area contributed by atoms with Gasteiger partial charge in [0, 0.05) is 18.9 Å². The van der Waals surface area contributed by atoms with Gasteiger partial charge in [-0.1, -0.05) is 18.2 Å². The zero-order valence-corrected chi connectivity index (χ0v) is 23.7. The molecule has 3 aromatic carbocycles. The molecule has 0 aliphatic carbocycles. The first-order valence-corrected chi connectivity index (χ1v) is 13.8. The van der Waals surface area contributed by atoms with E-state index in [4.69, 9.17) is 28.1 Å². The van der Waals surface area contributed by atoms with Crippen LogP contribution >= 0.6 is 0 Å². The van der Waals surface area contributed by atoms with Gasteiger partial charge in [0.05, 0.1) is 31.3 Å². The quantitative estimate of drug-likeness (QED) is 0.227. The number of hydrogen-bond acceptors (Lipinski definition) is 9. The lowest BCUT2D eigenvalue weighted by atomic mass is 9.87. The van der Waals surface area contributed by atoms with Crippen LogP contribution in [0.5, 0.6) is 34.5 Å². The highest BCUT2D eigenvalue weighted by molar-refractivity contribution is 5.85. The lowest BCUT2D eigenvalue weighted by molar-refractivity contribution is -0.121. The molecule has 1 aliphatic rings. The Kier molecular flexibility index (Phi) is 8.71. The monoisotopic (exact) mass is 575 g/mol. The second-order valence-electron chi connectivity index (χ2n) is 9.61. The number of carbonyl (C=O) groups excluding carboxylic acids is 1. The van der Waals surface area contributed by atoms with Gasteiger partial charge in [-0.25, -0.2) is 4.79 Å². The number of rotatable bonds is 12. The maximum absolute atomic E-state index is 13.3. The zero-order chi connectivity index (χ0) is 29.6. The van der Waals surface area contributed by atoms with Gasteiger partial charge in [-0.2, -0.15) is 0 Å². The molecule has 2 N–H and O–H groups in total. The van der Waals surface area contributed by atoms with Crippen molar-refractivity contribution in [3.63, 3.8) is 0 Å². The molecular weight excluding hydrogens is 542 g/mol. The molecule has 1 aromatic heterocycles. The zero-order valence-electron chi connectivity index (χ0n) is 23.7. The molecule has 0 spiro atoms. The standard InChI is InChI=1S/C32H33NO9/c1-4-38-24-11-10-19(14-25(24)39-5-2)12-13-33-28(34)17-22(20-15-26(37-3)31-27(16-20)40-18-41-31)29-30(35)21-8-6-7-9-23(21)42-32(29)36/h6-11,14-16,22,35H,4-5,12-13,17-18H2,1-3H3,(H,33,34). The molecule has 4 aromatic rings. The third-order valence-corrected chi connectivity index (χ3v) is 6.98. The van der Waals surface area contributed by atoms with Crippen molar-refractivity contribution >= 4 is 16.9 Å². The van der Waals surface area contributed by atoms with E-state index in [1.54, 1.807) is 36.4 Å². The SMILES string of the molecule is CCOc1ccc(CCNC(=O)CC(c2cc(OC)c3c(c2)OCO3)c2c(O)c3ccccc3oc2=O)cc1OCC. The van der Waals surface area contributed by atoms with Gasteiger partial charge in [-0.3, -0.25) is 4.79 Å².